The Balaban J connectivity index is 1.97. The van der Waals surface area contributed by atoms with Crippen LogP contribution in [0.15, 0.2) is 22.8 Å². The number of furan rings is 1. The van der Waals surface area contributed by atoms with E-state index < -0.39 is 0 Å². The largest absolute Gasteiger partial charge is 0.464 e. The van der Waals surface area contributed by atoms with E-state index in [0.717, 1.165) is 23.0 Å². The van der Waals surface area contributed by atoms with E-state index in [1.807, 2.05) is 13.8 Å². The van der Waals surface area contributed by atoms with E-state index in [2.05, 4.69) is 38.2 Å². The van der Waals surface area contributed by atoms with Crippen LogP contribution in [0.5, 0.6) is 0 Å². The summed E-state index contributed by atoms with van der Waals surface area (Å²) in [7, 11) is 0. The maximum atomic E-state index is 12.1. The predicted molar refractivity (Wildman–Crippen MR) is 97.5 cm³/mol. The molecule has 0 radical (unpaired) electrons. The predicted octanol–water partition coefficient (Wildman–Crippen LogP) is 4.34. The van der Waals surface area contributed by atoms with Gasteiger partial charge in [-0.1, -0.05) is 13.8 Å². The minimum atomic E-state index is 0.0221. The van der Waals surface area contributed by atoms with Gasteiger partial charge in [-0.25, -0.2) is 0 Å². The lowest BCUT2D eigenvalue weighted by Gasteiger charge is -2.10. The van der Waals surface area contributed by atoms with Gasteiger partial charge in [0.2, 0.25) is 5.91 Å². The Kier molecular flexibility index (Phi) is 6.44. The van der Waals surface area contributed by atoms with Crippen LogP contribution in [-0.4, -0.2) is 25.2 Å². The van der Waals surface area contributed by atoms with Crippen molar-refractivity contribution in [1.29, 1.82) is 0 Å². The van der Waals surface area contributed by atoms with Crippen molar-refractivity contribution in [3.8, 4) is 0 Å². The summed E-state index contributed by atoms with van der Waals surface area (Å²) in [6.07, 6.45) is 3.11. The van der Waals surface area contributed by atoms with Gasteiger partial charge >= 0.3 is 0 Å². The molecule has 1 amide bonds. The zero-order valence-corrected chi connectivity index (χ0v) is 15.4. The van der Waals surface area contributed by atoms with Crippen LogP contribution >= 0.6 is 0 Å². The molecule has 0 saturated heterocycles. The Morgan fingerprint density at radius 3 is 2.67 bits per heavy atom. The summed E-state index contributed by atoms with van der Waals surface area (Å²) in [5, 5.41) is 3.99. The normalized spacial score (nSPS) is 11.6. The maximum absolute atomic E-state index is 12.1. The molecular weight excluding hydrogens is 302 g/mol. The summed E-state index contributed by atoms with van der Waals surface area (Å²) in [5.41, 5.74) is 4.33. The highest BCUT2D eigenvalue weighted by Crippen LogP contribution is 2.29. The molecule has 132 valence electrons. The molecule has 1 aromatic heterocycles. The zero-order chi connectivity index (χ0) is 17.7. The number of carbonyl (C=O) groups is 1. The molecule has 0 fully saturated rings. The molecule has 0 aliphatic heterocycles. The van der Waals surface area contributed by atoms with Crippen molar-refractivity contribution in [1.82, 2.24) is 5.32 Å². The van der Waals surface area contributed by atoms with Crippen LogP contribution in [0.1, 0.15) is 56.7 Å². The van der Waals surface area contributed by atoms with Crippen molar-refractivity contribution < 1.29 is 13.9 Å². The van der Waals surface area contributed by atoms with Crippen molar-refractivity contribution in [2.24, 2.45) is 0 Å². The number of amides is 1. The fraction of sp³-hybridized carbons (Fsp3) is 0.550. The fourth-order valence-corrected chi connectivity index (χ4v) is 2.86. The number of rotatable bonds is 8. The first-order valence-electron chi connectivity index (χ1n) is 8.77. The van der Waals surface area contributed by atoms with Crippen molar-refractivity contribution in [2.45, 2.75) is 59.5 Å². The first-order valence-corrected chi connectivity index (χ1v) is 8.77. The number of ether oxygens (including phenoxy) is 1. The Morgan fingerprint density at radius 1 is 1.25 bits per heavy atom. The molecule has 0 aliphatic rings. The molecule has 0 bridgehead atoms. The minimum Gasteiger partial charge on any atom is -0.464 e. The lowest BCUT2D eigenvalue weighted by Crippen LogP contribution is -2.27. The summed E-state index contributed by atoms with van der Waals surface area (Å²) in [5.74, 6) is 0.473. The molecule has 0 atom stereocenters. The third-order valence-corrected chi connectivity index (χ3v) is 4.11. The highest BCUT2D eigenvalue weighted by atomic mass is 16.5. The number of hydrogen-bond donors (Lipinski definition) is 1. The highest BCUT2D eigenvalue weighted by Gasteiger charge is 2.13. The van der Waals surface area contributed by atoms with Crippen molar-refractivity contribution in [2.75, 3.05) is 13.2 Å². The molecular formula is C20H29NO3. The van der Waals surface area contributed by atoms with Gasteiger partial charge in [-0.05, 0) is 56.4 Å². The molecule has 24 heavy (non-hydrogen) atoms. The number of aryl methyl sites for hydroxylation is 1. The zero-order valence-electron chi connectivity index (χ0n) is 15.4. The van der Waals surface area contributed by atoms with Gasteiger partial charge in [0.25, 0.3) is 0 Å². The summed E-state index contributed by atoms with van der Waals surface area (Å²) in [6, 6.07) is 4.23. The van der Waals surface area contributed by atoms with Crippen LogP contribution < -0.4 is 5.32 Å². The summed E-state index contributed by atoms with van der Waals surface area (Å²) >= 11 is 0. The second kappa shape index (κ2) is 8.34. The fourth-order valence-electron chi connectivity index (χ4n) is 2.86. The number of fused-ring (bicyclic) bond motifs is 1. The number of carbonyl (C=O) groups excluding carboxylic acids is 1. The van der Waals surface area contributed by atoms with Gasteiger partial charge in [0.1, 0.15) is 5.58 Å². The molecule has 0 saturated carbocycles. The Bertz CT molecular complexity index is 685. The second-order valence-electron chi connectivity index (χ2n) is 6.92. The monoisotopic (exact) mass is 331 g/mol. The Labute approximate surface area is 144 Å². The molecule has 1 aromatic carbocycles. The van der Waals surface area contributed by atoms with Crippen LogP contribution in [0.2, 0.25) is 0 Å². The van der Waals surface area contributed by atoms with E-state index in [1.165, 1.54) is 11.1 Å². The average molecular weight is 331 g/mol. The van der Waals surface area contributed by atoms with E-state index in [0.29, 0.717) is 25.5 Å². The maximum Gasteiger partial charge on any atom is 0.224 e. The number of benzene rings is 1. The van der Waals surface area contributed by atoms with E-state index in [9.17, 15) is 4.79 Å². The molecule has 0 spiro atoms. The third-order valence-electron chi connectivity index (χ3n) is 4.11. The van der Waals surface area contributed by atoms with E-state index in [4.69, 9.17) is 9.15 Å². The average Bonchev–Trinajstić information content (AvgIpc) is 2.87. The number of nitrogens with one attached hydrogen (secondary N) is 1. The quantitative estimate of drug-likeness (QED) is 0.732. The van der Waals surface area contributed by atoms with Crippen LogP contribution in [0.3, 0.4) is 0 Å². The SMILES string of the molecule is Cc1cc2occ(CC(=O)NCCCOC(C)C)c2cc1C(C)C. The molecule has 0 unspecified atom stereocenters. The Morgan fingerprint density at radius 2 is 2.00 bits per heavy atom. The van der Waals surface area contributed by atoms with Gasteiger partial charge in [0, 0.05) is 24.1 Å². The van der Waals surface area contributed by atoms with Crippen LogP contribution in [0.25, 0.3) is 11.0 Å². The van der Waals surface area contributed by atoms with E-state index in [1.54, 1.807) is 6.26 Å². The van der Waals surface area contributed by atoms with Crippen molar-refractivity contribution in [3.05, 3.63) is 35.1 Å². The molecule has 1 heterocycles. The summed E-state index contributed by atoms with van der Waals surface area (Å²) < 4.78 is 11.1. The van der Waals surface area contributed by atoms with E-state index in [-0.39, 0.29) is 12.0 Å². The molecule has 2 rings (SSSR count). The van der Waals surface area contributed by atoms with Gasteiger partial charge in [-0.3, -0.25) is 4.79 Å². The lowest BCUT2D eigenvalue weighted by molar-refractivity contribution is -0.120. The first-order chi connectivity index (χ1) is 11.4. The molecule has 4 heteroatoms. The third kappa shape index (κ3) is 4.84. The summed E-state index contributed by atoms with van der Waals surface area (Å²) in [4.78, 5) is 12.1. The van der Waals surface area contributed by atoms with Crippen LogP contribution in [0, 0.1) is 6.92 Å². The Hall–Kier alpha value is -1.81. The van der Waals surface area contributed by atoms with Gasteiger partial charge in [-0.2, -0.15) is 0 Å². The first kappa shape index (κ1) is 18.5. The molecule has 0 aliphatic carbocycles. The minimum absolute atomic E-state index is 0.0221. The molecule has 2 aromatic rings. The van der Waals surface area contributed by atoms with Gasteiger partial charge in [0.05, 0.1) is 18.8 Å². The lowest BCUT2D eigenvalue weighted by atomic mass is 9.95. The van der Waals surface area contributed by atoms with Crippen molar-refractivity contribution >= 4 is 16.9 Å². The van der Waals surface area contributed by atoms with Gasteiger partial charge in [-0.15, -0.1) is 0 Å². The standard InChI is InChI=1S/C20H29NO3/c1-13(2)17-11-18-16(12-24-19(18)9-15(17)5)10-20(22)21-7-6-8-23-14(3)4/h9,11-14H,6-8,10H2,1-5H3,(H,21,22). The van der Waals surface area contributed by atoms with Gasteiger partial charge < -0.3 is 14.5 Å². The molecule has 1 N–H and O–H groups in total. The summed E-state index contributed by atoms with van der Waals surface area (Å²) in [6.45, 7) is 11.8. The van der Waals surface area contributed by atoms with E-state index >= 15 is 0 Å². The van der Waals surface area contributed by atoms with Crippen LogP contribution in [-0.2, 0) is 16.0 Å². The van der Waals surface area contributed by atoms with Crippen LogP contribution in [0.4, 0.5) is 0 Å². The second-order valence-corrected chi connectivity index (χ2v) is 6.92. The van der Waals surface area contributed by atoms with Gasteiger partial charge in [0.15, 0.2) is 0 Å². The number of hydrogen-bond acceptors (Lipinski definition) is 3. The molecule has 4 nitrogen and oxygen atoms in total. The smallest absolute Gasteiger partial charge is 0.224 e. The topological polar surface area (TPSA) is 51.5 Å². The van der Waals surface area contributed by atoms with Crippen molar-refractivity contribution in [3.63, 3.8) is 0 Å². The highest BCUT2D eigenvalue weighted by molar-refractivity contribution is 5.88.